The maximum Gasteiger partial charge on any atom is 0.254 e. The van der Waals surface area contributed by atoms with Gasteiger partial charge < -0.3 is 28.6 Å². The molecule has 2 aromatic heterocycles. The SMILES string of the molecule is COCOc1cc(OCOC)c(C(C)C)cc1-c1nnc(S(C)(=O)=O)n1-c1cnc(N2CCOCC2)nc1. The van der Waals surface area contributed by atoms with E-state index in [4.69, 9.17) is 23.7 Å². The predicted octanol–water partition coefficient (Wildman–Crippen LogP) is 2.05. The van der Waals surface area contributed by atoms with E-state index in [1.54, 1.807) is 18.5 Å². The molecular formula is C24H32N6O7S. The van der Waals surface area contributed by atoms with Crippen molar-refractivity contribution in [3.8, 4) is 28.6 Å². The van der Waals surface area contributed by atoms with Crippen LogP contribution < -0.4 is 14.4 Å². The van der Waals surface area contributed by atoms with Crippen molar-refractivity contribution in [2.24, 2.45) is 0 Å². The van der Waals surface area contributed by atoms with Gasteiger partial charge in [0.2, 0.25) is 15.8 Å². The van der Waals surface area contributed by atoms with Crippen molar-refractivity contribution in [3.05, 3.63) is 30.1 Å². The zero-order chi connectivity index (χ0) is 27.3. The first-order valence-electron chi connectivity index (χ1n) is 12.0. The highest BCUT2D eigenvalue weighted by molar-refractivity contribution is 7.90. The van der Waals surface area contributed by atoms with E-state index in [0.717, 1.165) is 11.8 Å². The molecule has 0 unspecified atom stereocenters. The van der Waals surface area contributed by atoms with E-state index in [9.17, 15) is 8.42 Å². The molecule has 3 heterocycles. The number of rotatable bonds is 11. The number of methoxy groups -OCH3 is 2. The van der Waals surface area contributed by atoms with Crippen molar-refractivity contribution in [1.82, 2.24) is 24.7 Å². The zero-order valence-corrected chi connectivity index (χ0v) is 22.9. The number of anilines is 1. The lowest BCUT2D eigenvalue weighted by Gasteiger charge is -2.26. The summed E-state index contributed by atoms with van der Waals surface area (Å²) in [6, 6.07) is 3.55. The van der Waals surface area contributed by atoms with Gasteiger partial charge in [0.05, 0.1) is 36.9 Å². The van der Waals surface area contributed by atoms with Gasteiger partial charge in [0.1, 0.15) is 11.5 Å². The lowest BCUT2D eigenvalue weighted by Crippen LogP contribution is -2.37. The number of ether oxygens (including phenoxy) is 5. The molecule has 3 aromatic rings. The summed E-state index contributed by atoms with van der Waals surface area (Å²) < 4.78 is 54.1. The molecule has 0 saturated carbocycles. The number of hydrogen-bond acceptors (Lipinski definition) is 12. The molecule has 4 rings (SSSR count). The molecule has 0 bridgehead atoms. The summed E-state index contributed by atoms with van der Waals surface area (Å²) in [7, 11) is -0.739. The monoisotopic (exact) mass is 548 g/mol. The first kappa shape index (κ1) is 27.7. The van der Waals surface area contributed by atoms with Gasteiger partial charge in [-0.25, -0.2) is 18.4 Å². The Kier molecular flexibility index (Phi) is 8.76. The van der Waals surface area contributed by atoms with E-state index in [-0.39, 0.29) is 30.5 Å². The maximum atomic E-state index is 12.7. The first-order valence-corrected chi connectivity index (χ1v) is 13.9. The third-order valence-electron chi connectivity index (χ3n) is 5.78. The molecule has 0 aliphatic carbocycles. The minimum atomic E-state index is -3.78. The van der Waals surface area contributed by atoms with Gasteiger partial charge in [-0.1, -0.05) is 13.8 Å². The van der Waals surface area contributed by atoms with Gasteiger partial charge in [-0.05, 0) is 17.5 Å². The Hall–Kier alpha value is -3.33. The molecule has 13 nitrogen and oxygen atoms in total. The van der Waals surface area contributed by atoms with Gasteiger partial charge in [0.25, 0.3) is 5.16 Å². The second-order valence-electron chi connectivity index (χ2n) is 8.90. The van der Waals surface area contributed by atoms with Crippen LogP contribution in [0.3, 0.4) is 0 Å². The molecular weight excluding hydrogens is 516 g/mol. The normalized spacial score (nSPS) is 14.2. The van der Waals surface area contributed by atoms with Crippen LogP contribution in [0.15, 0.2) is 29.7 Å². The summed E-state index contributed by atoms with van der Waals surface area (Å²) in [5.41, 5.74) is 1.72. The molecule has 0 atom stereocenters. The highest BCUT2D eigenvalue weighted by Gasteiger charge is 2.27. The summed E-state index contributed by atoms with van der Waals surface area (Å²) in [5, 5.41) is 8.04. The Morgan fingerprint density at radius 1 is 0.974 bits per heavy atom. The van der Waals surface area contributed by atoms with Crippen LogP contribution in [-0.4, -0.2) is 93.5 Å². The Morgan fingerprint density at radius 3 is 2.18 bits per heavy atom. The van der Waals surface area contributed by atoms with Gasteiger partial charge in [-0.3, -0.25) is 4.57 Å². The van der Waals surface area contributed by atoms with E-state index in [1.165, 1.54) is 18.8 Å². The van der Waals surface area contributed by atoms with Crippen LogP contribution in [0.25, 0.3) is 17.1 Å². The number of morpholine rings is 1. The zero-order valence-electron chi connectivity index (χ0n) is 22.1. The van der Waals surface area contributed by atoms with Crippen LogP contribution in [0.4, 0.5) is 5.95 Å². The van der Waals surface area contributed by atoms with Crippen molar-refractivity contribution in [1.29, 1.82) is 0 Å². The molecule has 38 heavy (non-hydrogen) atoms. The Morgan fingerprint density at radius 2 is 1.61 bits per heavy atom. The second kappa shape index (κ2) is 12.0. The van der Waals surface area contributed by atoms with Gasteiger partial charge in [-0.2, -0.15) is 0 Å². The lowest BCUT2D eigenvalue weighted by atomic mass is 9.98. The Balaban J connectivity index is 1.88. The molecule has 1 aromatic carbocycles. The highest BCUT2D eigenvalue weighted by Crippen LogP contribution is 2.40. The van der Waals surface area contributed by atoms with Crippen molar-refractivity contribution in [2.45, 2.75) is 24.9 Å². The Labute approximate surface area is 221 Å². The molecule has 1 saturated heterocycles. The van der Waals surface area contributed by atoms with E-state index in [0.29, 0.717) is 55.0 Å². The smallest absolute Gasteiger partial charge is 0.254 e. The average Bonchev–Trinajstić information content (AvgIpc) is 3.37. The lowest BCUT2D eigenvalue weighted by molar-refractivity contribution is 0.0457. The van der Waals surface area contributed by atoms with E-state index >= 15 is 0 Å². The molecule has 1 aliphatic heterocycles. The van der Waals surface area contributed by atoms with Gasteiger partial charge in [0, 0.05) is 39.6 Å². The molecule has 1 aliphatic rings. The van der Waals surface area contributed by atoms with Crippen LogP contribution in [-0.2, 0) is 24.0 Å². The van der Waals surface area contributed by atoms with Crippen molar-refractivity contribution < 1.29 is 32.1 Å². The molecule has 0 N–H and O–H groups in total. The fraction of sp³-hybridized carbons (Fsp3) is 0.500. The van der Waals surface area contributed by atoms with E-state index in [2.05, 4.69) is 20.2 Å². The van der Waals surface area contributed by atoms with Crippen molar-refractivity contribution in [2.75, 3.05) is 65.3 Å². The predicted molar refractivity (Wildman–Crippen MR) is 138 cm³/mol. The fourth-order valence-corrected chi connectivity index (χ4v) is 4.68. The summed E-state index contributed by atoms with van der Waals surface area (Å²) in [4.78, 5) is 11.0. The summed E-state index contributed by atoms with van der Waals surface area (Å²) >= 11 is 0. The second-order valence-corrected chi connectivity index (χ2v) is 10.8. The molecule has 1 fully saturated rings. The standard InChI is InChI=1S/C24H32N6O7S/c1-16(2)18-10-19(21(37-15-34-4)11-20(18)36-14-33-3)22-27-28-24(38(5,31)32)30(22)17-12-25-23(26-13-17)29-6-8-35-9-7-29/h10-13,16H,6-9,14-15H2,1-5H3. The van der Waals surface area contributed by atoms with Crippen LogP contribution in [0.2, 0.25) is 0 Å². The molecule has 14 heteroatoms. The van der Waals surface area contributed by atoms with Gasteiger partial charge in [0.15, 0.2) is 19.4 Å². The van der Waals surface area contributed by atoms with E-state index in [1.807, 2.05) is 24.8 Å². The fourth-order valence-electron chi connectivity index (χ4n) is 3.97. The summed E-state index contributed by atoms with van der Waals surface area (Å²) in [5.74, 6) is 1.74. The summed E-state index contributed by atoms with van der Waals surface area (Å²) in [6.45, 7) is 6.53. The number of nitrogens with zero attached hydrogens (tertiary/aromatic N) is 6. The van der Waals surface area contributed by atoms with Crippen LogP contribution in [0, 0.1) is 0 Å². The average molecular weight is 549 g/mol. The topological polar surface area (TPSA) is 140 Å². The van der Waals surface area contributed by atoms with Gasteiger partial charge in [-0.15, -0.1) is 10.2 Å². The molecule has 0 radical (unpaired) electrons. The number of benzene rings is 1. The quantitative estimate of drug-likeness (QED) is 0.324. The largest absolute Gasteiger partial charge is 0.467 e. The van der Waals surface area contributed by atoms with Crippen molar-refractivity contribution in [3.63, 3.8) is 0 Å². The maximum absolute atomic E-state index is 12.7. The minimum Gasteiger partial charge on any atom is -0.467 e. The van der Waals surface area contributed by atoms with Gasteiger partial charge >= 0.3 is 0 Å². The molecule has 0 spiro atoms. The van der Waals surface area contributed by atoms with Crippen LogP contribution in [0.1, 0.15) is 25.3 Å². The minimum absolute atomic E-state index is 0.0457. The third kappa shape index (κ3) is 6.04. The number of sulfone groups is 1. The molecule has 0 amide bonds. The summed E-state index contributed by atoms with van der Waals surface area (Å²) in [6.07, 6.45) is 4.17. The van der Waals surface area contributed by atoms with Crippen LogP contribution in [0.5, 0.6) is 11.5 Å². The Bertz CT molecular complexity index is 1340. The molecule has 206 valence electrons. The third-order valence-corrected chi connectivity index (χ3v) is 6.71. The van der Waals surface area contributed by atoms with Crippen molar-refractivity contribution >= 4 is 15.8 Å². The number of aromatic nitrogens is 5. The number of hydrogen-bond donors (Lipinski definition) is 0. The van der Waals surface area contributed by atoms with Crippen LogP contribution >= 0.6 is 0 Å². The highest BCUT2D eigenvalue weighted by atomic mass is 32.2. The first-order chi connectivity index (χ1) is 18.2. The van der Waals surface area contributed by atoms with E-state index < -0.39 is 9.84 Å².